The predicted octanol–water partition coefficient (Wildman–Crippen LogP) is 11.3. The SMILES string of the molecule is C1=Cc2oc3c(-c4ccc(-c5cccc(-c6ccc7ccc8cccc9ccc6c7c89)c5)cc4)cccc3c2CC1. The molecular weight excluding hydrogens is 496 g/mol. The van der Waals surface area contributed by atoms with E-state index in [2.05, 4.69) is 133 Å². The van der Waals surface area contributed by atoms with Crippen LogP contribution in [-0.2, 0) is 6.42 Å². The highest BCUT2D eigenvalue weighted by molar-refractivity contribution is 6.25. The number of furan rings is 1. The minimum Gasteiger partial charge on any atom is -0.456 e. The monoisotopic (exact) mass is 522 g/mol. The summed E-state index contributed by atoms with van der Waals surface area (Å²) in [6, 6.07) is 44.6. The van der Waals surface area contributed by atoms with Crippen molar-refractivity contribution in [1.82, 2.24) is 0 Å². The zero-order chi connectivity index (χ0) is 26.9. The van der Waals surface area contributed by atoms with Crippen molar-refractivity contribution >= 4 is 49.4 Å². The molecule has 0 amide bonds. The number of hydrogen-bond acceptors (Lipinski definition) is 1. The molecule has 1 heteroatoms. The van der Waals surface area contributed by atoms with Gasteiger partial charge in [-0.3, -0.25) is 0 Å². The van der Waals surface area contributed by atoms with Gasteiger partial charge in [-0.25, -0.2) is 0 Å². The van der Waals surface area contributed by atoms with Crippen LogP contribution >= 0.6 is 0 Å². The summed E-state index contributed by atoms with van der Waals surface area (Å²) in [5.41, 5.74) is 9.60. The van der Waals surface area contributed by atoms with E-state index in [0.717, 1.165) is 29.7 Å². The van der Waals surface area contributed by atoms with Crippen molar-refractivity contribution in [3.05, 3.63) is 139 Å². The fraction of sp³-hybridized carbons (Fsp3) is 0.0500. The minimum atomic E-state index is 0.993. The minimum absolute atomic E-state index is 0.993. The van der Waals surface area contributed by atoms with Crippen LogP contribution in [0.5, 0.6) is 0 Å². The Hall–Kier alpha value is -5.14. The molecule has 0 radical (unpaired) electrons. The number of hydrogen-bond donors (Lipinski definition) is 0. The molecule has 0 fully saturated rings. The average molecular weight is 523 g/mol. The lowest BCUT2D eigenvalue weighted by atomic mass is 9.89. The summed E-state index contributed by atoms with van der Waals surface area (Å²) in [6.45, 7) is 0. The van der Waals surface area contributed by atoms with Gasteiger partial charge in [0.05, 0.1) is 0 Å². The van der Waals surface area contributed by atoms with Crippen LogP contribution in [0, 0.1) is 0 Å². The number of aryl methyl sites for hydroxylation is 1. The fourth-order valence-corrected chi connectivity index (χ4v) is 6.92. The molecule has 0 saturated carbocycles. The van der Waals surface area contributed by atoms with Gasteiger partial charge in [0, 0.05) is 16.5 Å². The van der Waals surface area contributed by atoms with Gasteiger partial charge in [-0.2, -0.15) is 0 Å². The Morgan fingerprint density at radius 2 is 1.20 bits per heavy atom. The van der Waals surface area contributed by atoms with Crippen molar-refractivity contribution in [3.8, 4) is 33.4 Å². The van der Waals surface area contributed by atoms with Crippen LogP contribution in [-0.4, -0.2) is 0 Å². The van der Waals surface area contributed by atoms with Crippen molar-refractivity contribution < 1.29 is 4.42 Å². The molecule has 0 spiro atoms. The molecule has 0 unspecified atom stereocenters. The molecule has 192 valence electrons. The van der Waals surface area contributed by atoms with Crippen LogP contribution < -0.4 is 0 Å². The lowest BCUT2D eigenvalue weighted by Crippen LogP contribution is -1.89. The second kappa shape index (κ2) is 8.68. The van der Waals surface area contributed by atoms with E-state index < -0.39 is 0 Å². The molecule has 1 aromatic heterocycles. The first-order valence-electron chi connectivity index (χ1n) is 14.4. The fourth-order valence-electron chi connectivity index (χ4n) is 6.92. The highest BCUT2D eigenvalue weighted by atomic mass is 16.3. The first-order valence-corrected chi connectivity index (χ1v) is 14.4. The second-order valence-corrected chi connectivity index (χ2v) is 11.2. The average Bonchev–Trinajstić information content (AvgIpc) is 3.43. The Bertz CT molecular complexity index is 2280. The van der Waals surface area contributed by atoms with E-state index in [1.165, 1.54) is 71.1 Å². The number of rotatable bonds is 3. The molecule has 1 heterocycles. The maximum atomic E-state index is 6.35. The van der Waals surface area contributed by atoms with E-state index in [9.17, 15) is 0 Å². The van der Waals surface area contributed by atoms with Gasteiger partial charge in [0.1, 0.15) is 11.3 Å². The molecular formula is C40H26O. The second-order valence-electron chi connectivity index (χ2n) is 11.2. The van der Waals surface area contributed by atoms with Gasteiger partial charge in [0.15, 0.2) is 0 Å². The molecule has 1 nitrogen and oxygen atoms in total. The predicted molar refractivity (Wildman–Crippen MR) is 174 cm³/mol. The van der Waals surface area contributed by atoms with E-state index in [0.29, 0.717) is 0 Å². The standard InChI is InChI=1S/C40H26O/c1-2-13-37-34(10-1)36-12-5-11-33(40(36)41-37)26-16-14-25(15-17-26)30-8-4-9-31(24-30)32-22-20-29-19-18-27-6-3-7-28-21-23-35(32)39(29)38(27)28/h2-9,11-24H,1,10H2. The Morgan fingerprint density at radius 1 is 0.488 bits per heavy atom. The first kappa shape index (κ1) is 22.7. The third kappa shape index (κ3) is 3.42. The molecule has 7 aromatic carbocycles. The topological polar surface area (TPSA) is 13.1 Å². The van der Waals surface area contributed by atoms with Gasteiger partial charge in [0.2, 0.25) is 0 Å². The quantitative estimate of drug-likeness (QED) is 0.210. The summed E-state index contributed by atoms with van der Waals surface area (Å²) in [5.74, 6) is 1.01. The number of allylic oxidation sites excluding steroid dienone is 1. The first-order chi connectivity index (χ1) is 20.3. The molecule has 0 saturated heterocycles. The third-order valence-corrected chi connectivity index (χ3v) is 8.91. The van der Waals surface area contributed by atoms with Crippen molar-refractivity contribution in [2.45, 2.75) is 12.8 Å². The van der Waals surface area contributed by atoms with Crippen LogP contribution in [0.25, 0.3) is 82.7 Å². The van der Waals surface area contributed by atoms with Crippen molar-refractivity contribution in [1.29, 1.82) is 0 Å². The maximum absolute atomic E-state index is 6.35. The Balaban J connectivity index is 1.13. The van der Waals surface area contributed by atoms with Gasteiger partial charge in [-0.1, -0.05) is 121 Å². The lowest BCUT2D eigenvalue weighted by molar-refractivity contribution is 0.596. The van der Waals surface area contributed by atoms with Gasteiger partial charge in [0.25, 0.3) is 0 Å². The largest absolute Gasteiger partial charge is 0.456 e. The van der Waals surface area contributed by atoms with Crippen LogP contribution in [0.4, 0.5) is 0 Å². The van der Waals surface area contributed by atoms with E-state index in [-0.39, 0.29) is 0 Å². The molecule has 9 rings (SSSR count). The number of para-hydroxylation sites is 1. The molecule has 41 heavy (non-hydrogen) atoms. The normalized spacial score (nSPS) is 13.1. The zero-order valence-electron chi connectivity index (χ0n) is 22.5. The van der Waals surface area contributed by atoms with Crippen LogP contribution in [0.3, 0.4) is 0 Å². The molecule has 0 N–H and O–H groups in total. The van der Waals surface area contributed by atoms with Crippen LogP contribution in [0.15, 0.2) is 132 Å². The Labute approximate surface area is 238 Å². The van der Waals surface area contributed by atoms with Crippen molar-refractivity contribution in [3.63, 3.8) is 0 Å². The third-order valence-electron chi connectivity index (χ3n) is 8.91. The maximum Gasteiger partial charge on any atom is 0.142 e. The number of benzene rings is 7. The smallest absolute Gasteiger partial charge is 0.142 e. The van der Waals surface area contributed by atoms with Crippen molar-refractivity contribution in [2.24, 2.45) is 0 Å². The molecule has 8 aromatic rings. The summed E-state index contributed by atoms with van der Waals surface area (Å²) in [5, 5.41) is 9.16. The summed E-state index contributed by atoms with van der Waals surface area (Å²) < 4.78 is 6.35. The summed E-state index contributed by atoms with van der Waals surface area (Å²) in [7, 11) is 0. The van der Waals surface area contributed by atoms with E-state index in [1.807, 2.05) is 0 Å². The Morgan fingerprint density at radius 3 is 2.07 bits per heavy atom. The molecule has 0 bridgehead atoms. The van der Waals surface area contributed by atoms with E-state index in [1.54, 1.807) is 0 Å². The molecule has 0 aliphatic heterocycles. The molecule has 0 atom stereocenters. The Kier molecular flexibility index (Phi) is 4.80. The molecule has 1 aliphatic carbocycles. The van der Waals surface area contributed by atoms with E-state index in [4.69, 9.17) is 4.42 Å². The highest BCUT2D eigenvalue weighted by Gasteiger charge is 2.18. The van der Waals surface area contributed by atoms with Gasteiger partial charge in [-0.15, -0.1) is 0 Å². The summed E-state index contributed by atoms with van der Waals surface area (Å²) in [4.78, 5) is 0. The number of fused-ring (bicyclic) bond motifs is 3. The zero-order valence-corrected chi connectivity index (χ0v) is 22.5. The van der Waals surface area contributed by atoms with E-state index >= 15 is 0 Å². The summed E-state index contributed by atoms with van der Waals surface area (Å²) in [6.07, 6.45) is 6.45. The van der Waals surface area contributed by atoms with Crippen molar-refractivity contribution in [2.75, 3.05) is 0 Å². The highest BCUT2D eigenvalue weighted by Crippen LogP contribution is 2.41. The lowest BCUT2D eigenvalue weighted by Gasteiger charge is -2.15. The van der Waals surface area contributed by atoms with Crippen LogP contribution in [0.2, 0.25) is 0 Å². The summed E-state index contributed by atoms with van der Waals surface area (Å²) >= 11 is 0. The van der Waals surface area contributed by atoms with Crippen LogP contribution in [0.1, 0.15) is 17.7 Å². The van der Waals surface area contributed by atoms with Gasteiger partial charge < -0.3 is 4.42 Å². The van der Waals surface area contributed by atoms with Gasteiger partial charge in [-0.05, 0) is 85.1 Å². The molecule has 1 aliphatic rings. The van der Waals surface area contributed by atoms with Gasteiger partial charge >= 0.3 is 0 Å².